The summed E-state index contributed by atoms with van der Waals surface area (Å²) in [6.07, 6.45) is 3.92. The number of aromatic nitrogens is 1. The van der Waals surface area contributed by atoms with Crippen LogP contribution in [0.4, 0.5) is 5.82 Å². The second kappa shape index (κ2) is 11.5. The number of halogens is 2. The van der Waals surface area contributed by atoms with Gasteiger partial charge < -0.3 is 20.5 Å². The van der Waals surface area contributed by atoms with E-state index < -0.39 is 17.9 Å². The Labute approximate surface area is 213 Å². The SMILES string of the molecule is O=C(N[C@@H](Cc1ccc(COC2CC(Nc3ccccn3)C2)cc1)C(=O)O)c1c(Cl)cccc1Cl. The Morgan fingerprint density at radius 1 is 1.00 bits per heavy atom. The van der Waals surface area contributed by atoms with Gasteiger partial charge in [-0.2, -0.15) is 0 Å². The molecule has 3 aromatic rings. The average Bonchev–Trinajstić information content (AvgIpc) is 2.81. The molecule has 1 aliphatic carbocycles. The molecule has 2 aromatic carbocycles. The van der Waals surface area contributed by atoms with Crippen molar-refractivity contribution in [2.45, 2.75) is 44.1 Å². The third kappa shape index (κ3) is 6.72. The molecule has 7 nitrogen and oxygen atoms in total. The maximum absolute atomic E-state index is 12.6. The van der Waals surface area contributed by atoms with Crippen LogP contribution in [0.15, 0.2) is 66.9 Å². The first-order valence-electron chi connectivity index (χ1n) is 11.2. The van der Waals surface area contributed by atoms with Crippen molar-refractivity contribution in [3.63, 3.8) is 0 Å². The summed E-state index contributed by atoms with van der Waals surface area (Å²) in [4.78, 5) is 28.6. The van der Waals surface area contributed by atoms with Crippen molar-refractivity contribution in [1.29, 1.82) is 0 Å². The largest absolute Gasteiger partial charge is 0.480 e. The van der Waals surface area contributed by atoms with Crippen molar-refractivity contribution >= 4 is 40.9 Å². The Morgan fingerprint density at radius 2 is 1.69 bits per heavy atom. The fourth-order valence-electron chi connectivity index (χ4n) is 3.84. The van der Waals surface area contributed by atoms with E-state index >= 15 is 0 Å². The summed E-state index contributed by atoms with van der Waals surface area (Å²) in [6, 6.07) is 17.2. The Balaban J connectivity index is 1.25. The molecule has 1 aliphatic rings. The summed E-state index contributed by atoms with van der Waals surface area (Å²) in [7, 11) is 0. The predicted octanol–water partition coefficient (Wildman–Crippen LogP) is 4.97. The van der Waals surface area contributed by atoms with Crippen LogP contribution in [0.3, 0.4) is 0 Å². The number of carboxylic acid groups (broad SMARTS) is 1. The molecule has 1 saturated carbocycles. The lowest BCUT2D eigenvalue weighted by Crippen LogP contribution is -2.42. The average molecular weight is 514 g/mol. The van der Waals surface area contributed by atoms with Crippen molar-refractivity contribution < 1.29 is 19.4 Å². The number of benzene rings is 2. The zero-order chi connectivity index (χ0) is 24.8. The smallest absolute Gasteiger partial charge is 0.326 e. The molecule has 1 amide bonds. The summed E-state index contributed by atoms with van der Waals surface area (Å²) in [5, 5.41) is 15.8. The Hall–Kier alpha value is -3.13. The number of rotatable bonds is 10. The van der Waals surface area contributed by atoms with Crippen molar-refractivity contribution in [2.75, 3.05) is 5.32 Å². The molecule has 0 spiro atoms. The van der Waals surface area contributed by atoms with Crippen molar-refractivity contribution in [1.82, 2.24) is 10.3 Å². The third-order valence-corrected chi connectivity index (χ3v) is 6.48. The van der Waals surface area contributed by atoms with Crippen molar-refractivity contribution in [3.8, 4) is 0 Å². The molecule has 0 radical (unpaired) electrons. The number of anilines is 1. The van der Waals surface area contributed by atoms with Crippen LogP contribution in [0.25, 0.3) is 0 Å². The summed E-state index contributed by atoms with van der Waals surface area (Å²) in [6.45, 7) is 0.478. The Kier molecular flexibility index (Phi) is 8.23. The molecule has 1 fully saturated rings. The first kappa shape index (κ1) is 25.0. The van der Waals surface area contributed by atoms with Crippen LogP contribution in [-0.2, 0) is 22.6 Å². The topological polar surface area (TPSA) is 101 Å². The molecular formula is C26H25Cl2N3O4. The molecule has 0 unspecified atom stereocenters. The van der Waals surface area contributed by atoms with Gasteiger partial charge in [-0.05, 0) is 48.2 Å². The zero-order valence-corrected chi connectivity index (χ0v) is 20.3. The van der Waals surface area contributed by atoms with Gasteiger partial charge in [-0.15, -0.1) is 0 Å². The van der Waals surface area contributed by atoms with E-state index in [0.29, 0.717) is 12.6 Å². The number of carboxylic acids is 1. The third-order valence-electron chi connectivity index (χ3n) is 5.85. The van der Waals surface area contributed by atoms with Crippen LogP contribution < -0.4 is 10.6 Å². The van der Waals surface area contributed by atoms with E-state index in [1.54, 1.807) is 12.3 Å². The van der Waals surface area contributed by atoms with E-state index in [-0.39, 0.29) is 28.1 Å². The molecule has 9 heteroatoms. The lowest BCUT2D eigenvalue weighted by Gasteiger charge is -2.36. The zero-order valence-electron chi connectivity index (χ0n) is 18.8. The minimum Gasteiger partial charge on any atom is -0.480 e. The fourth-order valence-corrected chi connectivity index (χ4v) is 4.41. The second-order valence-electron chi connectivity index (χ2n) is 8.44. The number of amides is 1. The molecule has 1 heterocycles. The lowest BCUT2D eigenvalue weighted by atomic mass is 9.89. The van der Waals surface area contributed by atoms with Gasteiger partial charge in [0.25, 0.3) is 5.91 Å². The first-order valence-corrected chi connectivity index (χ1v) is 12.0. The van der Waals surface area contributed by atoms with Crippen LogP contribution >= 0.6 is 23.2 Å². The van der Waals surface area contributed by atoms with Crippen LogP contribution in [0.5, 0.6) is 0 Å². The van der Waals surface area contributed by atoms with Crippen molar-refractivity contribution in [2.24, 2.45) is 0 Å². The Morgan fingerprint density at radius 3 is 2.31 bits per heavy atom. The number of hydrogen-bond donors (Lipinski definition) is 3. The summed E-state index contributed by atoms with van der Waals surface area (Å²) in [5.74, 6) is -0.903. The Bertz CT molecular complexity index is 1150. The minimum atomic E-state index is -1.15. The molecular weight excluding hydrogens is 489 g/mol. The van der Waals surface area contributed by atoms with Gasteiger partial charge in [0.15, 0.2) is 0 Å². The molecule has 35 heavy (non-hydrogen) atoms. The number of nitrogens with zero attached hydrogens (tertiary/aromatic N) is 1. The highest BCUT2D eigenvalue weighted by molar-refractivity contribution is 6.39. The van der Waals surface area contributed by atoms with Gasteiger partial charge in [0.1, 0.15) is 11.9 Å². The molecule has 0 saturated heterocycles. The standard InChI is InChI=1S/C26H25Cl2N3O4/c27-20-4-3-5-21(28)24(20)25(32)31-22(26(33)34)12-16-7-9-17(10-8-16)15-35-19-13-18(14-19)30-23-6-1-2-11-29-23/h1-11,18-19,22H,12-15H2,(H,29,30)(H,31,32)(H,33,34)/t18?,19?,22-/m0/s1. The molecule has 0 bridgehead atoms. The first-order chi connectivity index (χ1) is 16.9. The summed E-state index contributed by atoms with van der Waals surface area (Å²) >= 11 is 12.1. The van der Waals surface area contributed by atoms with Crippen molar-refractivity contribution in [3.05, 3.63) is 93.6 Å². The van der Waals surface area contributed by atoms with Gasteiger partial charge >= 0.3 is 5.97 Å². The summed E-state index contributed by atoms with van der Waals surface area (Å²) in [5.41, 5.74) is 1.83. The van der Waals surface area contributed by atoms with E-state index in [1.807, 2.05) is 42.5 Å². The van der Waals surface area contributed by atoms with Crippen LogP contribution in [0.2, 0.25) is 10.0 Å². The van der Waals surface area contributed by atoms with E-state index in [0.717, 1.165) is 29.8 Å². The number of ether oxygens (including phenoxy) is 1. The predicted molar refractivity (Wildman–Crippen MR) is 135 cm³/mol. The van der Waals surface area contributed by atoms with Gasteiger partial charge in [0, 0.05) is 18.7 Å². The monoisotopic (exact) mass is 513 g/mol. The quantitative estimate of drug-likeness (QED) is 0.353. The minimum absolute atomic E-state index is 0.0584. The number of pyridine rings is 1. The molecule has 1 atom stereocenters. The second-order valence-corrected chi connectivity index (χ2v) is 9.26. The van der Waals surface area contributed by atoms with E-state index in [1.165, 1.54) is 12.1 Å². The summed E-state index contributed by atoms with van der Waals surface area (Å²) < 4.78 is 5.98. The van der Waals surface area contributed by atoms with E-state index in [2.05, 4.69) is 15.6 Å². The van der Waals surface area contributed by atoms with Crippen LogP contribution in [-0.4, -0.2) is 40.2 Å². The molecule has 4 rings (SSSR count). The molecule has 1 aromatic heterocycles. The molecule has 182 valence electrons. The number of aliphatic carboxylic acids is 1. The maximum atomic E-state index is 12.6. The molecule has 0 aliphatic heterocycles. The van der Waals surface area contributed by atoms with Gasteiger partial charge in [0.05, 0.1) is 28.3 Å². The molecule has 3 N–H and O–H groups in total. The number of carbonyl (C=O) groups is 2. The van der Waals surface area contributed by atoms with Crippen LogP contribution in [0, 0.1) is 0 Å². The van der Waals surface area contributed by atoms with E-state index in [9.17, 15) is 14.7 Å². The highest BCUT2D eigenvalue weighted by Crippen LogP contribution is 2.27. The van der Waals surface area contributed by atoms with Gasteiger partial charge in [-0.3, -0.25) is 4.79 Å². The highest BCUT2D eigenvalue weighted by Gasteiger charge is 2.30. The lowest BCUT2D eigenvalue weighted by molar-refractivity contribution is -0.139. The number of hydrogen-bond acceptors (Lipinski definition) is 5. The normalized spacial score (nSPS) is 17.8. The van der Waals surface area contributed by atoms with E-state index in [4.69, 9.17) is 27.9 Å². The van der Waals surface area contributed by atoms with Gasteiger partial charge in [-0.25, -0.2) is 9.78 Å². The number of nitrogens with one attached hydrogen (secondary N) is 2. The van der Waals surface area contributed by atoms with Gasteiger partial charge in [-0.1, -0.05) is 59.6 Å². The fraction of sp³-hybridized carbons (Fsp3) is 0.269. The maximum Gasteiger partial charge on any atom is 0.326 e. The highest BCUT2D eigenvalue weighted by atomic mass is 35.5. The number of carbonyl (C=O) groups excluding carboxylic acids is 1. The van der Waals surface area contributed by atoms with Gasteiger partial charge in [0.2, 0.25) is 0 Å². The van der Waals surface area contributed by atoms with Crippen LogP contribution in [0.1, 0.15) is 34.3 Å².